The summed E-state index contributed by atoms with van der Waals surface area (Å²) in [5.41, 5.74) is -0.342. The van der Waals surface area contributed by atoms with Gasteiger partial charge in [-0.1, -0.05) is 6.92 Å². The molecule has 1 amide bonds. The zero-order valence-electron chi connectivity index (χ0n) is 10.2. The fourth-order valence-electron chi connectivity index (χ4n) is 2.11. The molecule has 0 saturated carbocycles. The molecule has 1 rings (SSSR count). The Morgan fingerprint density at radius 3 is 2.81 bits per heavy atom. The van der Waals surface area contributed by atoms with Gasteiger partial charge in [0, 0.05) is 29.4 Å². The lowest BCUT2D eigenvalue weighted by atomic mass is 9.93. The third-order valence-electron chi connectivity index (χ3n) is 3.18. The molecule has 0 aromatic rings. The molecule has 0 spiro atoms. The summed E-state index contributed by atoms with van der Waals surface area (Å²) in [5.74, 6) is 0.765. The standard InChI is InChI=1S/C11H22N2O2S/c1-3-11(6-4-8-13-11)10(14)12-7-5-9-16(2)15/h13H,3-9H2,1-2H3,(H,12,14). The minimum absolute atomic E-state index is 0.106. The van der Waals surface area contributed by atoms with Crippen LogP contribution in [0.25, 0.3) is 0 Å². The predicted octanol–water partition coefficient (Wildman–Crippen LogP) is 0.403. The molecule has 1 saturated heterocycles. The summed E-state index contributed by atoms with van der Waals surface area (Å²) in [6.45, 7) is 3.60. The SMILES string of the molecule is CCC1(C(=O)NCCCS(C)=O)CCCN1. The summed E-state index contributed by atoms with van der Waals surface area (Å²) >= 11 is 0. The molecule has 5 heteroatoms. The van der Waals surface area contributed by atoms with Crippen LogP contribution >= 0.6 is 0 Å². The molecular weight excluding hydrogens is 224 g/mol. The maximum atomic E-state index is 12.0. The zero-order chi connectivity index (χ0) is 12.0. The van der Waals surface area contributed by atoms with E-state index in [4.69, 9.17) is 0 Å². The molecule has 16 heavy (non-hydrogen) atoms. The second kappa shape index (κ2) is 6.35. The Morgan fingerprint density at radius 2 is 2.31 bits per heavy atom. The molecule has 2 N–H and O–H groups in total. The van der Waals surface area contributed by atoms with Crippen molar-refractivity contribution in [3.05, 3.63) is 0 Å². The topological polar surface area (TPSA) is 58.2 Å². The second-order valence-corrected chi connectivity index (χ2v) is 5.91. The van der Waals surface area contributed by atoms with E-state index in [2.05, 4.69) is 10.6 Å². The van der Waals surface area contributed by atoms with E-state index in [-0.39, 0.29) is 11.4 Å². The van der Waals surface area contributed by atoms with Crippen LogP contribution in [0.4, 0.5) is 0 Å². The number of hydrogen-bond donors (Lipinski definition) is 2. The fraction of sp³-hybridized carbons (Fsp3) is 0.909. The summed E-state index contributed by atoms with van der Waals surface area (Å²) in [7, 11) is -0.761. The van der Waals surface area contributed by atoms with Gasteiger partial charge in [0.2, 0.25) is 5.91 Å². The number of carbonyl (C=O) groups excluding carboxylic acids is 1. The highest BCUT2D eigenvalue weighted by Gasteiger charge is 2.38. The quantitative estimate of drug-likeness (QED) is 0.667. The van der Waals surface area contributed by atoms with E-state index < -0.39 is 10.8 Å². The van der Waals surface area contributed by atoms with Crippen molar-refractivity contribution in [1.29, 1.82) is 0 Å². The average Bonchev–Trinajstić information content (AvgIpc) is 2.73. The Labute approximate surface area is 100 Å². The summed E-state index contributed by atoms with van der Waals surface area (Å²) < 4.78 is 10.8. The van der Waals surface area contributed by atoms with Gasteiger partial charge in [-0.05, 0) is 32.2 Å². The number of amides is 1. The van der Waals surface area contributed by atoms with Gasteiger partial charge in [-0.15, -0.1) is 0 Å². The van der Waals surface area contributed by atoms with Crippen molar-refractivity contribution < 1.29 is 9.00 Å². The minimum atomic E-state index is -0.761. The van der Waals surface area contributed by atoms with Gasteiger partial charge in [0.05, 0.1) is 5.54 Å². The molecule has 1 heterocycles. The highest BCUT2D eigenvalue weighted by atomic mass is 32.2. The maximum absolute atomic E-state index is 12.0. The van der Waals surface area contributed by atoms with Crippen LogP contribution in [0.3, 0.4) is 0 Å². The van der Waals surface area contributed by atoms with Crippen molar-refractivity contribution in [2.24, 2.45) is 0 Å². The molecule has 2 atom stereocenters. The lowest BCUT2D eigenvalue weighted by Crippen LogP contribution is -2.53. The second-order valence-electron chi connectivity index (χ2n) is 4.35. The monoisotopic (exact) mass is 246 g/mol. The molecular formula is C11H22N2O2S. The van der Waals surface area contributed by atoms with E-state index in [1.54, 1.807) is 6.26 Å². The fourth-order valence-corrected chi connectivity index (χ4v) is 2.66. The smallest absolute Gasteiger partial charge is 0.240 e. The van der Waals surface area contributed by atoms with Crippen molar-refractivity contribution in [2.45, 2.75) is 38.1 Å². The van der Waals surface area contributed by atoms with Crippen LogP contribution in [0.1, 0.15) is 32.6 Å². The predicted molar refractivity (Wildman–Crippen MR) is 66.8 cm³/mol. The van der Waals surface area contributed by atoms with Crippen molar-refractivity contribution in [3.8, 4) is 0 Å². The Balaban J connectivity index is 2.30. The Bertz CT molecular complexity index is 263. The van der Waals surface area contributed by atoms with Gasteiger partial charge < -0.3 is 10.6 Å². The van der Waals surface area contributed by atoms with Crippen LogP contribution in [0.15, 0.2) is 0 Å². The molecule has 0 aromatic carbocycles. The van der Waals surface area contributed by atoms with Crippen LogP contribution in [0.2, 0.25) is 0 Å². The third-order valence-corrected chi connectivity index (χ3v) is 4.04. The summed E-state index contributed by atoms with van der Waals surface area (Å²) in [6, 6.07) is 0. The molecule has 1 aliphatic heterocycles. The van der Waals surface area contributed by atoms with Gasteiger partial charge in [0.1, 0.15) is 0 Å². The van der Waals surface area contributed by atoms with Crippen LogP contribution in [0.5, 0.6) is 0 Å². The van der Waals surface area contributed by atoms with Crippen molar-refractivity contribution >= 4 is 16.7 Å². The Morgan fingerprint density at radius 1 is 1.56 bits per heavy atom. The van der Waals surface area contributed by atoms with Gasteiger partial charge in [-0.3, -0.25) is 9.00 Å². The van der Waals surface area contributed by atoms with Gasteiger partial charge >= 0.3 is 0 Å². The summed E-state index contributed by atoms with van der Waals surface area (Å²) in [4.78, 5) is 12.0. The van der Waals surface area contributed by atoms with E-state index in [0.717, 1.165) is 32.2 Å². The van der Waals surface area contributed by atoms with Crippen molar-refractivity contribution in [2.75, 3.05) is 25.1 Å². The van der Waals surface area contributed by atoms with Crippen molar-refractivity contribution in [1.82, 2.24) is 10.6 Å². The van der Waals surface area contributed by atoms with E-state index in [1.165, 1.54) is 0 Å². The van der Waals surface area contributed by atoms with E-state index in [1.807, 2.05) is 6.92 Å². The first kappa shape index (κ1) is 13.6. The third kappa shape index (κ3) is 3.56. The number of rotatable bonds is 6. The van der Waals surface area contributed by atoms with E-state index >= 15 is 0 Å². The van der Waals surface area contributed by atoms with Crippen molar-refractivity contribution in [3.63, 3.8) is 0 Å². The first-order valence-electron chi connectivity index (χ1n) is 5.94. The summed E-state index contributed by atoms with van der Waals surface area (Å²) in [6.07, 6.45) is 5.30. The first-order chi connectivity index (χ1) is 7.60. The lowest BCUT2D eigenvalue weighted by Gasteiger charge is -2.26. The number of hydrogen-bond acceptors (Lipinski definition) is 3. The molecule has 0 aliphatic carbocycles. The van der Waals surface area contributed by atoms with Gasteiger partial charge in [-0.25, -0.2) is 0 Å². The molecule has 1 aliphatic rings. The highest BCUT2D eigenvalue weighted by Crippen LogP contribution is 2.22. The highest BCUT2D eigenvalue weighted by molar-refractivity contribution is 7.84. The Hall–Kier alpha value is -0.420. The van der Waals surface area contributed by atoms with Gasteiger partial charge in [0.25, 0.3) is 0 Å². The van der Waals surface area contributed by atoms with E-state index in [0.29, 0.717) is 12.3 Å². The van der Waals surface area contributed by atoms with Crippen LogP contribution in [-0.4, -0.2) is 40.8 Å². The lowest BCUT2D eigenvalue weighted by molar-refractivity contribution is -0.127. The van der Waals surface area contributed by atoms with Gasteiger partial charge in [0.15, 0.2) is 0 Å². The number of carbonyl (C=O) groups is 1. The largest absolute Gasteiger partial charge is 0.354 e. The van der Waals surface area contributed by atoms with Gasteiger partial charge in [-0.2, -0.15) is 0 Å². The van der Waals surface area contributed by atoms with Crippen LogP contribution < -0.4 is 10.6 Å². The molecule has 2 unspecified atom stereocenters. The molecule has 0 aromatic heterocycles. The average molecular weight is 246 g/mol. The van der Waals surface area contributed by atoms with Crippen LogP contribution in [-0.2, 0) is 15.6 Å². The first-order valence-corrected chi connectivity index (χ1v) is 7.67. The van der Waals surface area contributed by atoms with E-state index in [9.17, 15) is 9.00 Å². The number of nitrogens with one attached hydrogen (secondary N) is 2. The molecule has 0 bridgehead atoms. The molecule has 4 nitrogen and oxygen atoms in total. The van der Waals surface area contributed by atoms with Crippen LogP contribution in [0, 0.1) is 0 Å². The normalized spacial score (nSPS) is 26.6. The minimum Gasteiger partial charge on any atom is -0.354 e. The zero-order valence-corrected chi connectivity index (χ0v) is 11.0. The molecule has 0 radical (unpaired) electrons. The molecule has 94 valence electrons. The Kier molecular flexibility index (Phi) is 5.41. The maximum Gasteiger partial charge on any atom is 0.240 e. The molecule has 1 fully saturated rings. The summed E-state index contributed by atoms with van der Waals surface area (Å²) in [5, 5.41) is 6.23.